The second-order valence-corrected chi connectivity index (χ2v) is 5.73. The topological polar surface area (TPSA) is 47.6 Å². The van der Waals surface area contributed by atoms with Crippen LogP contribution in [0, 0.1) is 6.92 Å². The van der Waals surface area contributed by atoms with Crippen molar-refractivity contribution in [3.8, 4) is 11.5 Å². The van der Waals surface area contributed by atoms with Crippen LogP contribution in [0.2, 0.25) is 0 Å². The molecule has 5 heteroatoms. The summed E-state index contributed by atoms with van der Waals surface area (Å²) in [6, 6.07) is 13.3. The molecule has 0 radical (unpaired) electrons. The Balaban J connectivity index is 1.93. The van der Waals surface area contributed by atoms with Gasteiger partial charge in [-0.05, 0) is 37.3 Å². The number of amides is 1. The Bertz CT molecular complexity index is 641. The van der Waals surface area contributed by atoms with Gasteiger partial charge < -0.3 is 14.8 Å². The Morgan fingerprint density at radius 1 is 1.05 bits per heavy atom. The summed E-state index contributed by atoms with van der Waals surface area (Å²) in [5.74, 6) is 1.52. The van der Waals surface area contributed by atoms with E-state index in [1.807, 2.05) is 19.1 Å². The van der Waals surface area contributed by atoms with Crippen LogP contribution in [0.5, 0.6) is 11.5 Å². The second-order valence-electron chi connectivity index (χ2n) is 4.68. The average Bonchev–Trinajstić information content (AvgIpc) is 2.55. The molecular weight excluding hydrogens is 298 g/mol. The van der Waals surface area contributed by atoms with Crippen LogP contribution in [-0.4, -0.2) is 26.0 Å². The summed E-state index contributed by atoms with van der Waals surface area (Å²) >= 11 is 1.58. The van der Waals surface area contributed by atoms with Crippen LogP contribution < -0.4 is 14.8 Å². The van der Waals surface area contributed by atoms with Crippen molar-refractivity contribution >= 4 is 17.7 Å². The molecule has 0 aliphatic rings. The number of ether oxygens (including phenoxy) is 2. The summed E-state index contributed by atoms with van der Waals surface area (Å²) in [6.45, 7) is 2.05. The molecule has 22 heavy (non-hydrogen) atoms. The van der Waals surface area contributed by atoms with Crippen molar-refractivity contribution in [2.75, 3.05) is 20.1 Å². The largest absolute Gasteiger partial charge is 0.493 e. The maximum absolute atomic E-state index is 12.1. The predicted molar refractivity (Wildman–Crippen MR) is 88.9 cm³/mol. The quantitative estimate of drug-likeness (QED) is 0.654. The molecule has 2 aromatic rings. The van der Waals surface area contributed by atoms with E-state index in [-0.39, 0.29) is 5.91 Å². The molecule has 0 atom stereocenters. The van der Waals surface area contributed by atoms with Crippen LogP contribution in [0.4, 0.5) is 0 Å². The highest BCUT2D eigenvalue weighted by molar-refractivity contribution is 7.99. The zero-order valence-electron chi connectivity index (χ0n) is 12.9. The van der Waals surface area contributed by atoms with Crippen molar-refractivity contribution in [2.24, 2.45) is 0 Å². The Morgan fingerprint density at radius 2 is 1.73 bits per heavy atom. The minimum atomic E-state index is -0.138. The number of hydrogen-bond donors (Lipinski definition) is 1. The zero-order chi connectivity index (χ0) is 15.9. The third-order valence-electron chi connectivity index (χ3n) is 3.14. The molecule has 2 aromatic carbocycles. The van der Waals surface area contributed by atoms with Gasteiger partial charge in [-0.15, -0.1) is 11.8 Å². The highest BCUT2D eigenvalue weighted by atomic mass is 32.2. The average molecular weight is 317 g/mol. The SMILES string of the molecule is COc1ccc(C(=O)NCSc2ccc(C)cc2)cc1OC. The fourth-order valence-electron chi connectivity index (χ4n) is 1.90. The van der Waals surface area contributed by atoms with Gasteiger partial charge in [-0.3, -0.25) is 4.79 Å². The lowest BCUT2D eigenvalue weighted by Crippen LogP contribution is -2.22. The highest BCUT2D eigenvalue weighted by Crippen LogP contribution is 2.27. The van der Waals surface area contributed by atoms with Gasteiger partial charge in [-0.25, -0.2) is 0 Å². The van der Waals surface area contributed by atoms with E-state index in [0.29, 0.717) is 22.9 Å². The van der Waals surface area contributed by atoms with Gasteiger partial charge in [0.15, 0.2) is 11.5 Å². The maximum atomic E-state index is 12.1. The van der Waals surface area contributed by atoms with Crippen LogP contribution in [0.25, 0.3) is 0 Å². The Kier molecular flexibility index (Phi) is 5.72. The van der Waals surface area contributed by atoms with Crippen LogP contribution in [0.15, 0.2) is 47.4 Å². The molecule has 1 N–H and O–H groups in total. The van der Waals surface area contributed by atoms with Gasteiger partial charge in [0.1, 0.15) is 0 Å². The zero-order valence-corrected chi connectivity index (χ0v) is 13.7. The molecule has 116 valence electrons. The van der Waals surface area contributed by atoms with E-state index in [4.69, 9.17) is 9.47 Å². The summed E-state index contributed by atoms with van der Waals surface area (Å²) in [7, 11) is 3.11. The number of benzene rings is 2. The van der Waals surface area contributed by atoms with Crippen molar-refractivity contribution < 1.29 is 14.3 Å². The molecule has 0 spiro atoms. The molecule has 0 bridgehead atoms. The lowest BCUT2D eigenvalue weighted by molar-refractivity contribution is 0.0960. The molecule has 1 amide bonds. The summed E-state index contributed by atoms with van der Waals surface area (Å²) in [5, 5.41) is 2.88. The smallest absolute Gasteiger partial charge is 0.252 e. The van der Waals surface area contributed by atoms with E-state index >= 15 is 0 Å². The third kappa shape index (κ3) is 4.18. The van der Waals surface area contributed by atoms with Crippen molar-refractivity contribution in [2.45, 2.75) is 11.8 Å². The monoisotopic (exact) mass is 317 g/mol. The van der Waals surface area contributed by atoms with Crippen LogP contribution in [0.3, 0.4) is 0 Å². The molecule has 4 nitrogen and oxygen atoms in total. The molecule has 0 saturated carbocycles. The van der Waals surface area contributed by atoms with Crippen molar-refractivity contribution in [3.05, 3.63) is 53.6 Å². The molecule has 0 heterocycles. The first-order valence-electron chi connectivity index (χ1n) is 6.83. The van der Waals surface area contributed by atoms with E-state index in [9.17, 15) is 4.79 Å². The lowest BCUT2D eigenvalue weighted by atomic mass is 10.2. The standard InChI is InChI=1S/C17H19NO3S/c1-12-4-7-14(8-5-12)22-11-18-17(19)13-6-9-15(20-2)16(10-13)21-3/h4-10H,11H2,1-3H3,(H,18,19). The number of rotatable bonds is 6. The van der Waals surface area contributed by atoms with Gasteiger partial charge >= 0.3 is 0 Å². The molecule has 0 aromatic heterocycles. The van der Waals surface area contributed by atoms with E-state index in [1.165, 1.54) is 5.56 Å². The fourth-order valence-corrected chi connectivity index (χ4v) is 2.60. The molecule has 0 saturated heterocycles. The van der Waals surface area contributed by atoms with Crippen LogP contribution >= 0.6 is 11.8 Å². The van der Waals surface area contributed by atoms with Gasteiger partial charge in [0.2, 0.25) is 0 Å². The van der Waals surface area contributed by atoms with Crippen molar-refractivity contribution in [1.29, 1.82) is 0 Å². The third-order valence-corrected chi connectivity index (χ3v) is 4.03. The number of carbonyl (C=O) groups excluding carboxylic acids is 1. The van der Waals surface area contributed by atoms with Gasteiger partial charge in [0, 0.05) is 10.5 Å². The Morgan fingerprint density at radius 3 is 2.36 bits per heavy atom. The molecule has 0 aliphatic heterocycles. The number of aryl methyl sites for hydroxylation is 1. The van der Waals surface area contributed by atoms with Gasteiger partial charge in [-0.2, -0.15) is 0 Å². The van der Waals surface area contributed by atoms with Crippen molar-refractivity contribution in [1.82, 2.24) is 5.32 Å². The number of carbonyl (C=O) groups is 1. The Labute approximate surface area is 134 Å². The van der Waals surface area contributed by atoms with E-state index in [2.05, 4.69) is 17.4 Å². The van der Waals surface area contributed by atoms with Gasteiger partial charge in [0.25, 0.3) is 5.91 Å². The molecular formula is C17H19NO3S. The number of thioether (sulfide) groups is 1. The van der Waals surface area contributed by atoms with Crippen LogP contribution in [-0.2, 0) is 0 Å². The molecule has 2 rings (SSSR count). The number of nitrogens with one attached hydrogen (secondary N) is 1. The highest BCUT2D eigenvalue weighted by Gasteiger charge is 2.10. The first kappa shape index (κ1) is 16.2. The van der Waals surface area contributed by atoms with E-state index in [0.717, 1.165) is 4.90 Å². The predicted octanol–water partition coefficient (Wildman–Crippen LogP) is 3.49. The van der Waals surface area contributed by atoms with Crippen LogP contribution in [0.1, 0.15) is 15.9 Å². The summed E-state index contributed by atoms with van der Waals surface area (Å²) < 4.78 is 10.4. The minimum Gasteiger partial charge on any atom is -0.493 e. The second kappa shape index (κ2) is 7.75. The van der Waals surface area contributed by atoms with Crippen molar-refractivity contribution in [3.63, 3.8) is 0 Å². The fraction of sp³-hybridized carbons (Fsp3) is 0.235. The summed E-state index contributed by atoms with van der Waals surface area (Å²) in [6.07, 6.45) is 0. The first-order chi connectivity index (χ1) is 10.6. The summed E-state index contributed by atoms with van der Waals surface area (Å²) in [5.41, 5.74) is 1.76. The summed E-state index contributed by atoms with van der Waals surface area (Å²) in [4.78, 5) is 13.3. The number of hydrogen-bond acceptors (Lipinski definition) is 4. The lowest BCUT2D eigenvalue weighted by Gasteiger charge is -2.10. The Hall–Kier alpha value is -2.14. The van der Waals surface area contributed by atoms with Gasteiger partial charge in [-0.1, -0.05) is 17.7 Å². The first-order valence-corrected chi connectivity index (χ1v) is 7.82. The molecule has 0 fully saturated rings. The minimum absolute atomic E-state index is 0.138. The van der Waals surface area contributed by atoms with Gasteiger partial charge in [0.05, 0.1) is 20.1 Å². The molecule has 0 aliphatic carbocycles. The normalized spacial score (nSPS) is 10.1. The molecule has 0 unspecified atom stereocenters. The maximum Gasteiger partial charge on any atom is 0.252 e. The van der Waals surface area contributed by atoms with E-state index < -0.39 is 0 Å². The number of methoxy groups -OCH3 is 2. The van der Waals surface area contributed by atoms with E-state index in [1.54, 1.807) is 44.2 Å².